The summed E-state index contributed by atoms with van der Waals surface area (Å²) in [7, 11) is 0. The number of hydrogen-bond donors (Lipinski definition) is 1. The summed E-state index contributed by atoms with van der Waals surface area (Å²) in [5.41, 5.74) is 4.39. The number of rotatable bonds is 5. The van der Waals surface area contributed by atoms with E-state index in [0.717, 1.165) is 25.1 Å². The average molecular weight is 417 g/mol. The lowest BCUT2D eigenvalue weighted by molar-refractivity contribution is -0.120. The number of carbonyl (C=O) groups is 1. The van der Waals surface area contributed by atoms with Crippen LogP contribution in [-0.2, 0) is 4.79 Å². The number of aromatic nitrogens is 2. The minimum atomic E-state index is -0.121. The molecule has 2 aromatic carbocycles. The number of anilines is 2. The van der Waals surface area contributed by atoms with Gasteiger partial charge in [-0.2, -0.15) is 0 Å². The highest BCUT2D eigenvalue weighted by molar-refractivity contribution is 5.93. The number of carbonyl (C=O) groups excluding carboxylic acids is 1. The van der Waals surface area contributed by atoms with E-state index in [0.29, 0.717) is 24.0 Å². The monoisotopic (exact) mass is 416 g/mol. The van der Waals surface area contributed by atoms with Gasteiger partial charge in [0.05, 0.1) is 5.92 Å². The van der Waals surface area contributed by atoms with Crippen molar-refractivity contribution in [2.75, 3.05) is 23.3 Å². The van der Waals surface area contributed by atoms with Crippen molar-refractivity contribution < 1.29 is 9.53 Å². The van der Waals surface area contributed by atoms with Crippen LogP contribution in [0, 0.1) is 26.7 Å². The molecular weight excluding hydrogens is 388 g/mol. The molecule has 2 heterocycles. The quantitative estimate of drug-likeness (QED) is 0.630. The van der Waals surface area contributed by atoms with Gasteiger partial charge < -0.3 is 15.0 Å². The maximum Gasteiger partial charge on any atom is 0.263 e. The van der Waals surface area contributed by atoms with E-state index in [1.807, 2.05) is 49.4 Å². The van der Waals surface area contributed by atoms with E-state index in [-0.39, 0.29) is 11.8 Å². The molecule has 1 aliphatic heterocycles. The van der Waals surface area contributed by atoms with Crippen molar-refractivity contribution in [3.63, 3.8) is 0 Å². The number of nitrogens with one attached hydrogen (secondary N) is 1. The molecule has 1 saturated heterocycles. The van der Waals surface area contributed by atoms with E-state index in [4.69, 9.17) is 4.74 Å². The van der Waals surface area contributed by atoms with Gasteiger partial charge in [-0.25, -0.2) is 9.97 Å². The van der Waals surface area contributed by atoms with Crippen LogP contribution in [0.15, 0.2) is 54.9 Å². The molecule has 1 N–H and O–H groups in total. The van der Waals surface area contributed by atoms with Crippen LogP contribution >= 0.6 is 0 Å². The first-order valence-electron chi connectivity index (χ1n) is 10.7. The zero-order chi connectivity index (χ0) is 21.8. The number of benzene rings is 2. The van der Waals surface area contributed by atoms with E-state index < -0.39 is 0 Å². The minimum absolute atomic E-state index is 0.0397. The molecule has 1 atom stereocenters. The highest BCUT2D eigenvalue weighted by Gasteiger charge is 2.28. The second kappa shape index (κ2) is 9.16. The highest BCUT2D eigenvalue weighted by atomic mass is 16.5. The van der Waals surface area contributed by atoms with Gasteiger partial charge in [-0.15, -0.1) is 0 Å². The Balaban J connectivity index is 1.47. The molecular formula is C25H28N4O2. The number of piperidine rings is 1. The molecule has 31 heavy (non-hydrogen) atoms. The first-order chi connectivity index (χ1) is 15.0. The Kier molecular flexibility index (Phi) is 6.16. The van der Waals surface area contributed by atoms with Crippen LogP contribution in [0.4, 0.5) is 11.5 Å². The van der Waals surface area contributed by atoms with E-state index in [9.17, 15) is 4.79 Å². The Bertz CT molecular complexity index is 1070. The summed E-state index contributed by atoms with van der Waals surface area (Å²) in [5.74, 6) is 1.77. The molecule has 0 radical (unpaired) electrons. The molecule has 1 aliphatic rings. The van der Waals surface area contributed by atoms with Crippen LogP contribution < -0.4 is 15.0 Å². The summed E-state index contributed by atoms with van der Waals surface area (Å²) in [6.07, 6.45) is 5.05. The molecule has 1 aromatic heterocycles. The second-order valence-corrected chi connectivity index (χ2v) is 8.17. The van der Waals surface area contributed by atoms with Crippen LogP contribution in [0.3, 0.4) is 0 Å². The summed E-state index contributed by atoms with van der Waals surface area (Å²) in [5, 5.41) is 3.08. The summed E-state index contributed by atoms with van der Waals surface area (Å²) >= 11 is 0. The van der Waals surface area contributed by atoms with E-state index >= 15 is 0 Å². The Morgan fingerprint density at radius 2 is 1.81 bits per heavy atom. The van der Waals surface area contributed by atoms with Crippen LogP contribution in [-0.4, -0.2) is 29.0 Å². The topological polar surface area (TPSA) is 67.4 Å². The smallest absolute Gasteiger partial charge is 0.263 e. The third-order valence-corrected chi connectivity index (χ3v) is 5.75. The van der Waals surface area contributed by atoms with Crippen molar-refractivity contribution in [1.82, 2.24) is 9.97 Å². The molecule has 0 spiro atoms. The summed E-state index contributed by atoms with van der Waals surface area (Å²) in [6.45, 7) is 7.55. The zero-order valence-corrected chi connectivity index (χ0v) is 18.3. The maximum atomic E-state index is 12.9. The van der Waals surface area contributed by atoms with E-state index in [2.05, 4.69) is 34.0 Å². The number of ether oxygens (including phenoxy) is 1. The van der Waals surface area contributed by atoms with Gasteiger partial charge in [-0.3, -0.25) is 4.79 Å². The molecule has 1 amide bonds. The Morgan fingerprint density at radius 1 is 1.03 bits per heavy atom. The fraction of sp³-hybridized carbons (Fsp3) is 0.320. The third-order valence-electron chi connectivity index (χ3n) is 5.75. The van der Waals surface area contributed by atoms with Gasteiger partial charge in [0.15, 0.2) is 5.82 Å². The lowest BCUT2D eigenvalue weighted by Gasteiger charge is -2.33. The molecule has 1 unspecified atom stereocenters. The average Bonchev–Trinajstić information content (AvgIpc) is 2.78. The number of nitrogens with zero attached hydrogens (tertiary/aromatic N) is 3. The summed E-state index contributed by atoms with van der Waals surface area (Å²) in [4.78, 5) is 24.0. The van der Waals surface area contributed by atoms with Gasteiger partial charge in [0.25, 0.3) is 5.88 Å². The maximum absolute atomic E-state index is 12.9. The summed E-state index contributed by atoms with van der Waals surface area (Å²) < 4.78 is 6.02. The molecule has 6 heteroatoms. The van der Waals surface area contributed by atoms with E-state index in [1.54, 1.807) is 12.4 Å². The van der Waals surface area contributed by atoms with Gasteiger partial charge in [0.2, 0.25) is 5.91 Å². The highest BCUT2D eigenvalue weighted by Crippen LogP contribution is 2.31. The van der Waals surface area contributed by atoms with Crippen LogP contribution in [0.5, 0.6) is 11.6 Å². The van der Waals surface area contributed by atoms with Gasteiger partial charge in [0, 0.05) is 31.2 Å². The molecule has 0 bridgehead atoms. The second-order valence-electron chi connectivity index (χ2n) is 8.17. The van der Waals surface area contributed by atoms with Gasteiger partial charge in [0.1, 0.15) is 5.75 Å². The van der Waals surface area contributed by atoms with Gasteiger partial charge in [-0.05, 0) is 69.0 Å². The Morgan fingerprint density at radius 3 is 2.58 bits per heavy atom. The molecule has 0 saturated carbocycles. The third kappa shape index (κ3) is 5.02. The standard InChI is InChI=1S/C25H28N4O2/c1-17-6-10-22(11-7-17)31-25-23(26-12-13-27-25)29-14-4-5-20(16-29)24(30)28-21-9-8-18(2)19(3)15-21/h6-13,15,20H,4-5,14,16H2,1-3H3,(H,28,30). The predicted octanol–water partition coefficient (Wildman–Crippen LogP) is 5.05. The van der Waals surface area contributed by atoms with Crippen molar-refractivity contribution in [3.8, 4) is 11.6 Å². The Hall–Kier alpha value is -3.41. The van der Waals surface area contributed by atoms with Crippen molar-refractivity contribution in [1.29, 1.82) is 0 Å². The lowest BCUT2D eigenvalue weighted by Crippen LogP contribution is -2.41. The van der Waals surface area contributed by atoms with E-state index in [1.165, 1.54) is 16.7 Å². The van der Waals surface area contributed by atoms with Crippen molar-refractivity contribution in [3.05, 3.63) is 71.5 Å². The van der Waals surface area contributed by atoms with Gasteiger partial charge >= 0.3 is 0 Å². The van der Waals surface area contributed by atoms with Crippen LogP contribution in [0.25, 0.3) is 0 Å². The molecule has 160 valence electrons. The molecule has 4 rings (SSSR count). The molecule has 1 fully saturated rings. The zero-order valence-electron chi connectivity index (χ0n) is 18.3. The minimum Gasteiger partial charge on any atom is -0.436 e. The first kappa shape index (κ1) is 20.8. The normalized spacial score (nSPS) is 16.1. The molecule has 3 aromatic rings. The Labute approximate surface area is 183 Å². The van der Waals surface area contributed by atoms with Crippen molar-refractivity contribution in [2.24, 2.45) is 5.92 Å². The van der Waals surface area contributed by atoms with Crippen molar-refractivity contribution >= 4 is 17.4 Å². The van der Waals surface area contributed by atoms with Crippen LogP contribution in [0.2, 0.25) is 0 Å². The fourth-order valence-electron chi connectivity index (χ4n) is 3.77. The largest absolute Gasteiger partial charge is 0.436 e. The number of hydrogen-bond acceptors (Lipinski definition) is 5. The number of amides is 1. The molecule has 0 aliphatic carbocycles. The van der Waals surface area contributed by atoms with Crippen LogP contribution in [0.1, 0.15) is 29.5 Å². The fourth-order valence-corrected chi connectivity index (χ4v) is 3.77. The first-order valence-corrected chi connectivity index (χ1v) is 10.7. The summed E-state index contributed by atoms with van der Waals surface area (Å²) in [6, 6.07) is 13.8. The van der Waals surface area contributed by atoms with Gasteiger partial charge in [-0.1, -0.05) is 23.8 Å². The van der Waals surface area contributed by atoms with Crippen molar-refractivity contribution in [2.45, 2.75) is 33.6 Å². The molecule has 6 nitrogen and oxygen atoms in total. The SMILES string of the molecule is Cc1ccc(Oc2nccnc2N2CCCC(C(=O)Nc3ccc(C)c(C)c3)C2)cc1. The lowest BCUT2D eigenvalue weighted by atomic mass is 9.97. The number of aryl methyl sites for hydroxylation is 3. The predicted molar refractivity (Wildman–Crippen MR) is 123 cm³/mol.